The number of carbonyl (C=O) groups is 1. The highest BCUT2D eigenvalue weighted by atomic mass is 16.6. The van der Waals surface area contributed by atoms with Crippen LogP contribution in [-0.2, 0) is 4.74 Å². The lowest BCUT2D eigenvalue weighted by atomic mass is 9.93. The van der Waals surface area contributed by atoms with E-state index in [9.17, 15) is 4.79 Å². The molecule has 0 heterocycles. The van der Waals surface area contributed by atoms with E-state index in [0.29, 0.717) is 19.4 Å². The molecule has 26 heavy (non-hydrogen) atoms. The zero-order valence-corrected chi connectivity index (χ0v) is 16.7. The number of anilines is 1. The van der Waals surface area contributed by atoms with Gasteiger partial charge in [0.05, 0.1) is 19.2 Å². The van der Waals surface area contributed by atoms with Gasteiger partial charge < -0.3 is 25.8 Å². The molecular weight excluding hydrogens is 332 g/mol. The van der Waals surface area contributed by atoms with Crippen LogP contribution in [-0.4, -0.2) is 36.8 Å². The topological polar surface area (TPSA) is 98.0 Å². The molecule has 7 heteroatoms. The number of hydrogen-bond acceptors (Lipinski definition) is 4. The first kappa shape index (κ1) is 21.6. The lowest BCUT2D eigenvalue weighted by Crippen LogP contribution is -2.52. The van der Waals surface area contributed by atoms with Gasteiger partial charge in [-0.05, 0) is 57.9 Å². The van der Waals surface area contributed by atoms with Crippen molar-refractivity contribution in [1.29, 1.82) is 0 Å². The molecule has 0 aliphatic carbocycles. The van der Waals surface area contributed by atoms with E-state index in [-0.39, 0.29) is 5.96 Å². The van der Waals surface area contributed by atoms with Gasteiger partial charge in [-0.3, -0.25) is 4.99 Å². The number of guanidine groups is 1. The van der Waals surface area contributed by atoms with E-state index in [1.54, 1.807) is 7.11 Å². The lowest BCUT2D eigenvalue weighted by Gasteiger charge is -2.32. The van der Waals surface area contributed by atoms with Gasteiger partial charge in [0.15, 0.2) is 5.96 Å². The molecule has 0 aliphatic heterocycles. The smallest absolute Gasteiger partial charge is 0.408 e. The maximum absolute atomic E-state index is 12.1. The Morgan fingerprint density at radius 2 is 1.73 bits per heavy atom. The third kappa shape index (κ3) is 7.21. The van der Waals surface area contributed by atoms with Gasteiger partial charge in [0.25, 0.3) is 0 Å². The summed E-state index contributed by atoms with van der Waals surface area (Å²) >= 11 is 0. The van der Waals surface area contributed by atoms with Crippen LogP contribution >= 0.6 is 0 Å². The van der Waals surface area contributed by atoms with Crippen LogP contribution in [0.1, 0.15) is 47.5 Å². The number of ether oxygens (including phenoxy) is 2. The molecule has 0 bridgehead atoms. The van der Waals surface area contributed by atoms with Crippen LogP contribution in [0.2, 0.25) is 0 Å². The van der Waals surface area contributed by atoms with Crippen LogP contribution in [0, 0.1) is 0 Å². The number of aliphatic imine (C=N–C) groups is 1. The summed E-state index contributed by atoms with van der Waals surface area (Å²) in [7, 11) is 1.62. The van der Waals surface area contributed by atoms with Gasteiger partial charge in [0.2, 0.25) is 0 Å². The average Bonchev–Trinajstić information content (AvgIpc) is 2.57. The minimum atomic E-state index is -0.546. The molecule has 146 valence electrons. The normalized spacial score (nSPS) is 12.5. The molecule has 0 radical (unpaired) electrons. The van der Waals surface area contributed by atoms with Gasteiger partial charge in [-0.2, -0.15) is 0 Å². The monoisotopic (exact) mass is 364 g/mol. The third-order valence-electron chi connectivity index (χ3n) is 4.03. The predicted octanol–water partition coefficient (Wildman–Crippen LogP) is 3.51. The highest BCUT2D eigenvalue weighted by Gasteiger charge is 2.30. The van der Waals surface area contributed by atoms with Crippen LogP contribution in [0.3, 0.4) is 0 Å². The van der Waals surface area contributed by atoms with Gasteiger partial charge in [-0.1, -0.05) is 13.8 Å². The molecule has 0 fully saturated rings. The van der Waals surface area contributed by atoms with Crippen molar-refractivity contribution in [2.24, 2.45) is 10.7 Å². The Hall–Kier alpha value is -2.44. The number of nitrogens with one attached hydrogen (secondary N) is 2. The average molecular weight is 364 g/mol. The van der Waals surface area contributed by atoms with Crippen molar-refractivity contribution in [3.8, 4) is 5.75 Å². The number of rotatable bonds is 7. The van der Waals surface area contributed by atoms with Crippen molar-refractivity contribution in [2.75, 3.05) is 19.0 Å². The number of amides is 1. The van der Waals surface area contributed by atoms with Gasteiger partial charge in [-0.25, -0.2) is 4.79 Å². The van der Waals surface area contributed by atoms with E-state index in [1.165, 1.54) is 0 Å². The molecule has 1 amide bonds. The molecule has 0 saturated heterocycles. The molecule has 4 N–H and O–H groups in total. The summed E-state index contributed by atoms with van der Waals surface area (Å²) in [4.78, 5) is 16.6. The first-order valence-electron chi connectivity index (χ1n) is 8.85. The van der Waals surface area contributed by atoms with Crippen molar-refractivity contribution >= 4 is 17.7 Å². The number of nitrogens with zero attached hydrogens (tertiary/aromatic N) is 1. The van der Waals surface area contributed by atoms with E-state index >= 15 is 0 Å². The Labute approximate surface area is 156 Å². The molecule has 1 rings (SSSR count). The molecular formula is C19H32N4O3. The number of hydrogen-bond donors (Lipinski definition) is 3. The zero-order valence-electron chi connectivity index (χ0n) is 16.7. The Morgan fingerprint density at radius 3 is 2.19 bits per heavy atom. The summed E-state index contributed by atoms with van der Waals surface area (Å²) in [5.41, 5.74) is 5.75. The van der Waals surface area contributed by atoms with Crippen molar-refractivity contribution in [3.05, 3.63) is 24.3 Å². The molecule has 0 aromatic heterocycles. The number of alkyl carbamates (subject to hydrolysis) is 1. The van der Waals surface area contributed by atoms with Crippen LogP contribution in [0.5, 0.6) is 5.75 Å². The Bertz CT molecular complexity index is 602. The number of nitrogens with two attached hydrogens (primary N) is 1. The summed E-state index contributed by atoms with van der Waals surface area (Å²) in [5.74, 6) is 1.05. The first-order valence-corrected chi connectivity index (χ1v) is 8.85. The predicted molar refractivity (Wildman–Crippen MR) is 106 cm³/mol. The Balaban J connectivity index is 2.75. The molecule has 0 spiro atoms. The Morgan fingerprint density at radius 1 is 1.15 bits per heavy atom. The van der Waals surface area contributed by atoms with Gasteiger partial charge >= 0.3 is 6.09 Å². The van der Waals surface area contributed by atoms with Gasteiger partial charge in [-0.15, -0.1) is 0 Å². The van der Waals surface area contributed by atoms with Crippen molar-refractivity contribution in [3.63, 3.8) is 0 Å². The quantitative estimate of drug-likeness (QED) is 0.508. The second-order valence-electron chi connectivity index (χ2n) is 7.17. The van der Waals surface area contributed by atoms with Crippen molar-refractivity contribution in [1.82, 2.24) is 5.32 Å². The van der Waals surface area contributed by atoms with E-state index in [1.807, 2.05) is 58.9 Å². The summed E-state index contributed by atoms with van der Waals surface area (Å²) in [6, 6.07) is 7.38. The van der Waals surface area contributed by atoms with E-state index in [2.05, 4.69) is 15.6 Å². The van der Waals surface area contributed by atoms with Crippen molar-refractivity contribution < 1.29 is 14.3 Å². The highest BCUT2D eigenvalue weighted by molar-refractivity contribution is 5.92. The molecule has 1 aromatic carbocycles. The fourth-order valence-electron chi connectivity index (χ4n) is 2.31. The minimum Gasteiger partial charge on any atom is -0.497 e. The van der Waals surface area contributed by atoms with Crippen LogP contribution in [0.25, 0.3) is 0 Å². The number of methoxy groups -OCH3 is 1. The molecule has 0 atom stereocenters. The van der Waals surface area contributed by atoms with Gasteiger partial charge in [0.1, 0.15) is 11.4 Å². The maximum atomic E-state index is 12.1. The molecule has 1 aromatic rings. The van der Waals surface area contributed by atoms with Crippen LogP contribution in [0.15, 0.2) is 29.3 Å². The Kier molecular flexibility index (Phi) is 7.74. The third-order valence-corrected chi connectivity index (χ3v) is 4.03. The fraction of sp³-hybridized carbons (Fsp3) is 0.579. The summed E-state index contributed by atoms with van der Waals surface area (Å²) in [5, 5.41) is 5.99. The summed E-state index contributed by atoms with van der Waals surface area (Å²) in [6.45, 7) is 9.87. The van der Waals surface area contributed by atoms with Crippen LogP contribution in [0.4, 0.5) is 10.5 Å². The highest BCUT2D eigenvalue weighted by Crippen LogP contribution is 2.18. The standard InChI is InChI=1S/C19H32N4O3/c1-7-19(8-2,23-17(24)26-18(3,4)5)13-21-16(20)22-14-9-11-15(25-6)12-10-14/h9-12H,7-8,13H2,1-6H3,(H,23,24)(H3,20,21,22). The second kappa shape index (κ2) is 9.31. The van der Waals surface area contributed by atoms with Gasteiger partial charge in [0, 0.05) is 5.69 Å². The maximum Gasteiger partial charge on any atom is 0.408 e. The molecule has 7 nitrogen and oxygen atoms in total. The summed E-state index contributed by atoms with van der Waals surface area (Å²) < 4.78 is 10.5. The van der Waals surface area contributed by atoms with Crippen molar-refractivity contribution in [2.45, 2.75) is 58.6 Å². The largest absolute Gasteiger partial charge is 0.497 e. The zero-order chi connectivity index (χ0) is 19.8. The van der Waals surface area contributed by atoms with E-state index < -0.39 is 17.2 Å². The second-order valence-corrected chi connectivity index (χ2v) is 7.17. The SMILES string of the molecule is CCC(CC)(CN=C(N)Nc1ccc(OC)cc1)NC(=O)OC(C)(C)C. The number of carbonyl (C=O) groups excluding carboxylic acids is 1. The minimum absolute atomic E-state index is 0.285. The fourth-order valence-corrected chi connectivity index (χ4v) is 2.31. The van der Waals surface area contributed by atoms with E-state index in [0.717, 1.165) is 11.4 Å². The summed E-state index contributed by atoms with van der Waals surface area (Å²) in [6.07, 6.45) is 0.975. The molecule has 0 aliphatic rings. The lowest BCUT2D eigenvalue weighted by molar-refractivity contribution is 0.0452. The van der Waals surface area contributed by atoms with E-state index in [4.69, 9.17) is 15.2 Å². The number of benzene rings is 1. The van der Waals surface area contributed by atoms with Crippen LogP contribution < -0.4 is 21.1 Å². The molecule has 0 unspecified atom stereocenters. The first-order chi connectivity index (χ1) is 12.1. The molecule has 0 saturated carbocycles.